The van der Waals surface area contributed by atoms with E-state index < -0.39 is 23.7 Å². The van der Waals surface area contributed by atoms with Crippen molar-refractivity contribution in [2.75, 3.05) is 44.4 Å². The average Bonchev–Trinajstić information content (AvgIpc) is 2.52. The Kier molecular flexibility index (Phi) is 7.00. The lowest BCUT2D eigenvalue weighted by molar-refractivity contribution is -0.274. The second-order valence-corrected chi connectivity index (χ2v) is 7.30. The van der Waals surface area contributed by atoms with E-state index >= 15 is 0 Å². The van der Waals surface area contributed by atoms with Crippen LogP contribution in [0.3, 0.4) is 0 Å². The number of alkyl halides is 3. The summed E-state index contributed by atoms with van der Waals surface area (Å²) in [6.07, 6.45) is -6.20. The molecule has 7 nitrogen and oxygen atoms in total. The summed E-state index contributed by atoms with van der Waals surface area (Å²) in [4.78, 5) is 14.8. The highest BCUT2D eigenvalue weighted by Gasteiger charge is 2.33. The van der Waals surface area contributed by atoms with Crippen molar-refractivity contribution in [1.82, 2.24) is 4.90 Å². The molecule has 0 spiro atoms. The molecule has 0 atom stereocenters. The molecule has 28 heavy (non-hydrogen) atoms. The SMILES string of the molecule is CC(C)(C)N(C(=O)O)c1cc(OCCN2CCOCC2)cc(OC(F)(F)F)c1. The molecule has 158 valence electrons. The predicted molar refractivity (Wildman–Crippen MR) is 96.1 cm³/mol. The molecule has 0 bridgehead atoms. The zero-order chi connectivity index (χ0) is 20.9. The van der Waals surface area contributed by atoms with Gasteiger partial charge in [0, 0.05) is 43.4 Å². The molecule has 1 amide bonds. The van der Waals surface area contributed by atoms with Crippen LogP contribution in [0.5, 0.6) is 11.5 Å². The first-order valence-corrected chi connectivity index (χ1v) is 8.82. The number of ether oxygens (including phenoxy) is 3. The van der Waals surface area contributed by atoms with Crippen LogP contribution in [-0.2, 0) is 4.74 Å². The van der Waals surface area contributed by atoms with Crippen LogP contribution in [-0.4, -0.2) is 67.5 Å². The first kappa shape index (κ1) is 22.1. The van der Waals surface area contributed by atoms with E-state index in [0.29, 0.717) is 19.8 Å². The van der Waals surface area contributed by atoms with Gasteiger partial charge in [-0.1, -0.05) is 0 Å². The Balaban J connectivity index is 2.22. The number of hydrogen-bond acceptors (Lipinski definition) is 5. The summed E-state index contributed by atoms with van der Waals surface area (Å²) in [7, 11) is 0. The molecule has 1 heterocycles. The second kappa shape index (κ2) is 8.87. The van der Waals surface area contributed by atoms with E-state index in [2.05, 4.69) is 9.64 Å². The predicted octanol–water partition coefficient (Wildman–Crippen LogP) is 3.58. The molecule has 1 saturated heterocycles. The lowest BCUT2D eigenvalue weighted by Gasteiger charge is -2.33. The van der Waals surface area contributed by atoms with E-state index in [4.69, 9.17) is 9.47 Å². The summed E-state index contributed by atoms with van der Waals surface area (Å²) in [5.74, 6) is -0.442. The number of halogens is 3. The summed E-state index contributed by atoms with van der Waals surface area (Å²) in [6, 6.07) is 3.52. The first-order valence-electron chi connectivity index (χ1n) is 8.82. The van der Waals surface area contributed by atoms with Gasteiger partial charge in [-0.2, -0.15) is 0 Å². The fraction of sp³-hybridized carbons (Fsp3) is 0.611. The van der Waals surface area contributed by atoms with Crippen LogP contribution in [0.4, 0.5) is 23.7 Å². The van der Waals surface area contributed by atoms with E-state index in [1.165, 1.54) is 6.07 Å². The lowest BCUT2D eigenvalue weighted by Crippen LogP contribution is -2.45. The standard InChI is InChI=1S/C18H25F3N2O5/c1-17(2,3)23(16(24)25)13-10-14(12-15(11-13)28-18(19,20)21)27-9-6-22-4-7-26-8-5-22/h10-12H,4-9H2,1-3H3,(H,24,25). The van der Waals surface area contributed by atoms with Crippen LogP contribution in [0.15, 0.2) is 18.2 Å². The third-order valence-corrected chi connectivity index (χ3v) is 4.00. The smallest absolute Gasteiger partial charge is 0.492 e. The van der Waals surface area contributed by atoms with E-state index in [1.54, 1.807) is 20.8 Å². The van der Waals surface area contributed by atoms with Crippen molar-refractivity contribution in [2.45, 2.75) is 32.7 Å². The number of hydrogen-bond donors (Lipinski definition) is 1. The summed E-state index contributed by atoms with van der Waals surface area (Å²) >= 11 is 0. The highest BCUT2D eigenvalue weighted by molar-refractivity contribution is 5.88. The Morgan fingerprint density at radius 1 is 1.18 bits per heavy atom. The molecule has 1 aromatic rings. The van der Waals surface area contributed by atoms with Crippen molar-refractivity contribution in [3.63, 3.8) is 0 Å². The maximum Gasteiger partial charge on any atom is 0.573 e. The zero-order valence-corrected chi connectivity index (χ0v) is 16.1. The third kappa shape index (κ3) is 6.75. The van der Waals surface area contributed by atoms with Crippen molar-refractivity contribution in [1.29, 1.82) is 0 Å². The number of morpholine rings is 1. The Morgan fingerprint density at radius 3 is 2.32 bits per heavy atom. The van der Waals surface area contributed by atoms with Gasteiger partial charge in [0.15, 0.2) is 0 Å². The third-order valence-electron chi connectivity index (χ3n) is 4.00. The summed E-state index contributed by atoms with van der Waals surface area (Å²) in [6.45, 7) is 8.47. The maximum absolute atomic E-state index is 12.7. The molecule has 1 fully saturated rings. The van der Waals surface area contributed by atoms with Gasteiger partial charge in [0.05, 0.1) is 18.9 Å². The molecule has 10 heteroatoms. The van der Waals surface area contributed by atoms with Crippen molar-refractivity contribution in [2.24, 2.45) is 0 Å². The van der Waals surface area contributed by atoms with Crippen LogP contribution in [0.1, 0.15) is 20.8 Å². The Labute approximate surface area is 161 Å². The molecule has 2 rings (SSSR count). The minimum Gasteiger partial charge on any atom is -0.492 e. The summed E-state index contributed by atoms with van der Waals surface area (Å²) in [5.41, 5.74) is -0.851. The normalized spacial score (nSPS) is 15.9. The Bertz CT molecular complexity index is 670. The monoisotopic (exact) mass is 406 g/mol. The van der Waals surface area contributed by atoms with Crippen molar-refractivity contribution < 1.29 is 37.3 Å². The molecule has 0 saturated carbocycles. The van der Waals surface area contributed by atoms with Crippen LogP contribution in [0.2, 0.25) is 0 Å². The number of nitrogens with zero attached hydrogens (tertiary/aromatic N) is 2. The molecule has 0 radical (unpaired) electrons. The molecule has 1 aliphatic heterocycles. The maximum atomic E-state index is 12.7. The Hall–Kier alpha value is -2.20. The number of carbonyl (C=O) groups is 1. The summed E-state index contributed by atoms with van der Waals surface area (Å²) in [5, 5.41) is 9.53. The van der Waals surface area contributed by atoms with Gasteiger partial charge >= 0.3 is 12.5 Å². The fourth-order valence-electron chi connectivity index (χ4n) is 2.86. The number of rotatable bonds is 6. The van der Waals surface area contributed by atoms with Crippen LogP contribution in [0.25, 0.3) is 0 Å². The number of benzene rings is 1. The van der Waals surface area contributed by atoms with Crippen LogP contribution in [0, 0.1) is 0 Å². The largest absolute Gasteiger partial charge is 0.573 e. The molecule has 1 aromatic carbocycles. The average molecular weight is 406 g/mol. The van der Waals surface area contributed by atoms with E-state index in [0.717, 1.165) is 30.1 Å². The topological polar surface area (TPSA) is 71.5 Å². The molecular formula is C18H25F3N2O5. The second-order valence-electron chi connectivity index (χ2n) is 7.30. The molecule has 0 aliphatic carbocycles. The van der Waals surface area contributed by atoms with Gasteiger partial charge in [0.2, 0.25) is 0 Å². The van der Waals surface area contributed by atoms with Crippen LogP contribution >= 0.6 is 0 Å². The van der Waals surface area contributed by atoms with Crippen molar-refractivity contribution >= 4 is 11.8 Å². The van der Waals surface area contributed by atoms with Crippen molar-refractivity contribution in [3.8, 4) is 11.5 Å². The Morgan fingerprint density at radius 2 is 1.79 bits per heavy atom. The summed E-state index contributed by atoms with van der Waals surface area (Å²) < 4.78 is 52.9. The first-order chi connectivity index (χ1) is 13.0. The van der Waals surface area contributed by atoms with Gasteiger partial charge < -0.3 is 19.3 Å². The molecule has 1 N–H and O–H groups in total. The van der Waals surface area contributed by atoms with Gasteiger partial charge in [-0.05, 0) is 20.8 Å². The molecule has 0 unspecified atom stereocenters. The van der Waals surface area contributed by atoms with Gasteiger partial charge in [0.25, 0.3) is 0 Å². The lowest BCUT2D eigenvalue weighted by atomic mass is 10.1. The zero-order valence-electron chi connectivity index (χ0n) is 16.1. The van der Waals surface area contributed by atoms with Gasteiger partial charge in [-0.25, -0.2) is 4.79 Å². The number of amides is 1. The van der Waals surface area contributed by atoms with Gasteiger partial charge in [-0.15, -0.1) is 13.2 Å². The molecule has 1 aliphatic rings. The minimum atomic E-state index is -4.90. The van der Waals surface area contributed by atoms with E-state index in [9.17, 15) is 23.1 Å². The molecular weight excluding hydrogens is 381 g/mol. The quantitative estimate of drug-likeness (QED) is 0.779. The molecule has 0 aromatic heterocycles. The number of carboxylic acid groups (broad SMARTS) is 1. The highest BCUT2D eigenvalue weighted by atomic mass is 19.4. The van der Waals surface area contributed by atoms with Gasteiger partial charge in [-0.3, -0.25) is 9.80 Å². The fourth-order valence-corrected chi connectivity index (χ4v) is 2.86. The van der Waals surface area contributed by atoms with Crippen molar-refractivity contribution in [3.05, 3.63) is 18.2 Å². The van der Waals surface area contributed by atoms with Crippen LogP contribution < -0.4 is 14.4 Å². The van der Waals surface area contributed by atoms with Gasteiger partial charge in [0.1, 0.15) is 18.1 Å². The highest BCUT2D eigenvalue weighted by Crippen LogP contribution is 2.34. The van der Waals surface area contributed by atoms with E-state index in [-0.39, 0.29) is 18.0 Å². The minimum absolute atomic E-state index is 0.0307. The van der Waals surface area contributed by atoms with E-state index in [1.807, 2.05) is 0 Å². The number of anilines is 1.